The average Bonchev–Trinajstić information content (AvgIpc) is 3.21. The van der Waals surface area contributed by atoms with Crippen LogP contribution in [0.15, 0.2) is 48.5 Å². The van der Waals surface area contributed by atoms with Gasteiger partial charge in [-0.3, -0.25) is 4.79 Å². The summed E-state index contributed by atoms with van der Waals surface area (Å²) >= 11 is 0. The lowest BCUT2D eigenvalue weighted by molar-refractivity contribution is -0.132. The van der Waals surface area contributed by atoms with Crippen LogP contribution in [0.5, 0.6) is 0 Å². The number of nitrogens with one attached hydrogen (secondary N) is 2. The zero-order valence-electron chi connectivity index (χ0n) is 23.5. The molecule has 8 heteroatoms. The molecule has 3 amide bonds. The lowest BCUT2D eigenvalue weighted by Crippen LogP contribution is -2.42. The summed E-state index contributed by atoms with van der Waals surface area (Å²) in [5.41, 5.74) is 12.2. The van der Waals surface area contributed by atoms with Crippen LogP contribution in [-0.4, -0.2) is 60.8 Å². The molecule has 1 saturated heterocycles. The van der Waals surface area contributed by atoms with Gasteiger partial charge in [-0.25, -0.2) is 4.79 Å². The van der Waals surface area contributed by atoms with Crippen LogP contribution in [-0.2, 0) is 22.5 Å². The van der Waals surface area contributed by atoms with Gasteiger partial charge in [-0.05, 0) is 68.9 Å². The van der Waals surface area contributed by atoms with Crippen LogP contribution < -0.4 is 16.4 Å². The van der Waals surface area contributed by atoms with Crippen molar-refractivity contribution in [2.45, 2.75) is 64.5 Å². The second-order valence-corrected chi connectivity index (χ2v) is 10.6. The van der Waals surface area contributed by atoms with E-state index in [0.717, 1.165) is 56.8 Å². The predicted molar refractivity (Wildman–Crippen MR) is 157 cm³/mol. The maximum absolute atomic E-state index is 13.3. The number of ether oxygens (including phenoxy) is 1. The number of aryl methyl sites for hydroxylation is 2. The van der Waals surface area contributed by atoms with Gasteiger partial charge in [0.15, 0.2) is 0 Å². The number of anilines is 1. The number of likely N-dealkylation sites (tertiary alicyclic amines) is 1. The molecular formula is C31H43N5O3. The fourth-order valence-electron chi connectivity index (χ4n) is 5.85. The van der Waals surface area contributed by atoms with Crippen LogP contribution in [0.2, 0.25) is 0 Å². The predicted octanol–water partition coefficient (Wildman–Crippen LogP) is 4.79. The molecule has 1 aliphatic rings. The summed E-state index contributed by atoms with van der Waals surface area (Å²) in [5, 5.41) is 6.80. The molecule has 0 spiro atoms. The second kappa shape index (κ2) is 13.6. The summed E-state index contributed by atoms with van der Waals surface area (Å²) in [6.07, 6.45) is 3.95. The average molecular weight is 534 g/mol. The highest BCUT2D eigenvalue weighted by molar-refractivity contribution is 5.89. The van der Waals surface area contributed by atoms with Gasteiger partial charge in [-0.15, -0.1) is 0 Å². The smallest absolute Gasteiger partial charge is 0.319 e. The molecule has 1 aromatic heterocycles. The Hall–Kier alpha value is -3.36. The van der Waals surface area contributed by atoms with E-state index in [1.54, 1.807) is 7.11 Å². The van der Waals surface area contributed by atoms with E-state index in [4.69, 9.17) is 10.5 Å². The van der Waals surface area contributed by atoms with Crippen LogP contribution in [0.25, 0.3) is 10.9 Å². The number of rotatable bonds is 11. The summed E-state index contributed by atoms with van der Waals surface area (Å²) in [6, 6.07) is 15.8. The van der Waals surface area contributed by atoms with Crippen molar-refractivity contribution < 1.29 is 14.3 Å². The van der Waals surface area contributed by atoms with E-state index in [1.807, 2.05) is 36.1 Å². The van der Waals surface area contributed by atoms with Crippen molar-refractivity contribution in [3.63, 3.8) is 0 Å². The maximum atomic E-state index is 13.3. The lowest BCUT2D eigenvalue weighted by Gasteiger charge is -2.34. The number of hydrogen-bond acceptors (Lipinski definition) is 4. The monoisotopic (exact) mass is 533 g/mol. The van der Waals surface area contributed by atoms with Gasteiger partial charge in [0, 0.05) is 80.6 Å². The highest BCUT2D eigenvalue weighted by Gasteiger charge is 2.29. The molecule has 0 aliphatic carbocycles. The Labute approximate surface area is 231 Å². The Bertz CT molecular complexity index is 1250. The van der Waals surface area contributed by atoms with Gasteiger partial charge in [-0.1, -0.05) is 30.3 Å². The zero-order chi connectivity index (χ0) is 27.8. The molecule has 2 atom stereocenters. The molecule has 8 nitrogen and oxygen atoms in total. The van der Waals surface area contributed by atoms with Gasteiger partial charge in [0.2, 0.25) is 5.91 Å². The number of nitrogens with two attached hydrogens (primary N) is 1. The van der Waals surface area contributed by atoms with Crippen molar-refractivity contribution in [2.75, 3.05) is 38.7 Å². The van der Waals surface area contributed by atoms with Crippen molar-refractivity contribution in [1.29, 1.82) is 0 Å². The Morgan fingerprint density at radius 1 is 1.15 bits per heavy atom. The first-order chi connectivity index (χ1) is 18.9. The van der Waals surface area contributed by atoms with E-state index in [-0.39, 0.29) is 18.0 Å². The van der Waals surface area contributed by atoms with Gasteiger partial charge in [0.25, 0.3) is 0 Å². The molecule has 39 heavy (non-hydrogen) atoms. The van der Waals surface area contributed by atoms with Crippen molar-refractivity contribution in [1.82, 2.24) is 14.8 Å². The number of carbonyl (C=O) groups is 2. The molecule has 210 valence electrons. The summed E-state index contributed by atoms with van der Waals surface area (Å²) in [4.78, 5) is 27.1. The van der Waals surface area contributed by atoms with Crippen LogP contribution in [0, 0.1) is 6.92 Å². The van der Waals surface area contributed by atoms with E-state index in [1.165, 1.54) is 22.2 Å². The van der Waals surface area contributed by atoms with Gasteiger partial charge in [0.05, 0.1) is 0 Å². The number of hydrogen-bond donors (Lipinski definition) is 3. The number of aromatic nitrogens is 1. The Morgan fingerprint density at radius 3 is 2.67 bits per heavy atom. The Kier molecular flexibility index (Phi) is 10.0. The minimum Gasteiger partial charge on any atom is -0.385 e. The topological polar surface area (TPSA) is 102 Å². The highest BCUT2D eigenvalue weighted by Crippen LogP contribution is 2.36. The summed E-state index contributed by atoms with van der Waals surface area (Å²) < 4.78 is 7.79. The molecule has 1 fully saturated rings. The third kappa shape index (κ3) is 7.19. The van der Waals surface area contributed by atoms with E-state index in [2.05, 4.69) is 46.4 Å². The number of benzene rings is 2. The fraction of sp³-hybridized carbons (Fsp3) is 0.484. The number of nitrogens with zero attached hydrogens (tertiary/aromatic N) is 2. The first kappa shape index (κ1) is 28.6. The standard InChI is InChI=1S/C31H43N5O3/c1-4-33-31(38)34-26-14-12-23(13-15-26)19-25(32)20-29(37)35-16-7-9-24(21-35)30-22(2)27-10-5-6-11-28(27)36(30)17-8-18-39-3/h5-6,10-15,24-25H,4,7-9,16-21,32H2,1-3H3,(H2,33,34,38)/t24?,25-/m1/s1. The Morgan fingerprint density at radius 2 is 1.92 bits per heavy atom. The molecule has 4 N–H and O–H groups in total. The first-order valence-electron chi connectivity index (χ1n) is 14.1. The molecule has 3 aromatic rings. The molecule has 2 aromatic carbocycles. The SMILES string of the molecule is CCNC(=O)Nc1ccc(C[C@@H](N)CC(=O)N2CCCC(c3c(C)c4ccccc4n3CCCOC)C2)cc1. The number of urea groups is 1. The van der Waals surface area contributed by atoms with Gasteiger partial charge in [-0.2, -0.15) is 0 Å². The fourth-order valence-corrected chi connectivity index (χ4v) is 5.85. The third-order valence-corrected chi connectivity index (χ3v) is 7.65. The van der Waals surface area contributed by atoms with Crippen LogP contribution >= 0.6 is 0 Å². The van der Waals surface area contributed by atoms with Crippen LogP contribution in [0.4, 0.5) is 10.5 Å². The van der Waals surface area contributed by atoms with Gasteiger partial charge in [0.1, 0.15) is 0 Å². The molecule has 2 heterocycles. The normalized spacial score (nSPS) is 16.3. The van der Waals surface area contributed by atoms with Crippen LogP contribution in [0.3, 0.4) is 0 Å². The van der Waals surface area contributed by atoms with Crippen molar-refractivity contribution in [3.05, 3.63) is 65.4 Å². The highest BCUT2D eigenvalue weighted by atomic mass is 16.5. The van der Waals surface area contributed by atoms with E-state index in [0.29, 0.717) is 25.3 Å². The van der Waals surface area contributed by atoms with E-state index >= 15 is 0 Å². The van der Waals surface area contributed by atoms with Gasteiger partial charge >= 0.3 is 6.03 Å². The molecular weight excluding hydrogens is 490 g/mol. The van der Waals surface area contributed by atoms with Crippen LogP contribution in [0.1, 0.15) is 55.3 Å². The number of fused-ring (bicyclic) bond motifs is 1. The second-order valence-electron chi connectivity index (χ2n) is 10.6. The summed E-state index contributed by atoms with van der Waals surface area (Å²) in [7, 11) is 1.75. The zero-order valence-corrected chi connectivity index (χ0v) is 23.5. The van der Waals surface area contributed by atoms with Crippen molar-refractivity contribution >= 4 is 28.5 Å². The van der Waals surface area contributed by atoms with Crippen molar-refractivity contribution in [3.8, 4) is 0 Å². The van der Waals surface area contributed by atoms with E-state index < -0.39 is 0 Å². The lowest BCUT2D eigenvalue weighted by atomic mass is 9.91. The molecule has 0 radical (unpaired) electrons. The largest absolute Gasteiger partial charge is 0.385 e. The number of amides is 3. The molecule has 1 unspecified atom stereocenters. The number of carbonyl (C=O) groups excluding carboxylic acids is 2. The van der Waals surface area contributed by atoms with Crippen molar-refractivity contribution in [2.24, 2.45) is 5.73 Å². The van der Waals surface area contributed by atoms with Gasteiger partial charge < -0.3 is 30.6 Å². The minimum atomic E-state index is -0.262. The molecule has 4 rings (SSSR count). The molecule has 0 saturated carbocycles. The Balaban J connectivity index is 1.39. The third-order valence-electron chi connectivity index (χ3n) is 7.65. The first-order valence-corrected chi connectivity index (χ1v) is 14.1. The number of para-hydroxylation sites is 1. The maximum Gasteiger partial charge on any atom is 0.319 e. The quantitative estimate of drug-likeness (QED) is 0.308. The number of piperidine rings is 1. The summed E-state index contributed by atoms with van der Waals surface area (Å²) in [6.45, 7) is 7.81. The van der Waals surface area contributed by atoms with E-state index in [9.17, 15) is 9.59 Å². The minimum absolute atomic E-state index is 0.126. The molecule has 1 aliphatic heterocycles. The number of methoxy groups -OCH3 is 1. The summed E-state index contributed by atoms with van der Waals surface area (Å²) in [5.74, 6) is 0.431. The molecule has 0 bridgehead atoms.